The van der Waals surface area contributed by atoms with Crippen molar-refractivity contribution < 1.29 is 9.59 Å². The van der Waals surface area contributed by atoms with Gasteiger partial charge < -0.3 is 4.90 Å². The number of ketones is 1. The van der Waals surface area contributed by atoms with E-state index >= 15 is 0 Å². The fourth-order valence-corrected chi connectivity index (χ4v) is 3.53. The number of fused-ring (bicyclic) bond motifs is 1. The van der Waals surface area contributed by atoms with Crippen LogP contribution in [0, 0.1) is 12.8 Å². The zero-order valence-electron chi connectivity index (χ0n) is 12.7. The molecule has 1 aromatic rings. The quantitative estimate of drug-likeness (QED) is 0.837. The highest BCUT2D eigenvalue weighted by Gasteiger charge is 2.30. The molecule has 3 heteroatoms. The number of hydrogen-bond donors (Lipinski definition) is 0. The summed E-state index contributed by atoms with van der Waals surface area (Å²) < 4.78 is 0. The van der Waals surface area contributed by atoms with Crippen molar-refractivity contribution in [3.05, 3.63) is 34.9 Å². The molecule has 1 heterocycles. The summed E-state index contributed by atoms with van der Waals surface area (Å²) in [4.78, 5) is 26.9. The molecular weight excluding hydrogens is 262 g/mol. The fraction of sp³-hybridized carbons (Fsp3) is 0.556. The van der Waals surface area contributed by atoms with E-state index < -0.39 is 0 Å². The smallest absolute Gasteiger partial charge is 0.223 e. The van der Waals surface area contributed by atoms with Crippen LogP contribution in [0.2, 0.25) is 0 Å². The highest BCUT2D eigenvalue weighted by molar-refractivity contribution is 6.02. The minimum absolute atomic E-state index is 0.116. The topological polar surface area (TPSA) is 37.4 Å². The number of nitrogens with zero attached hydrogens (tertiary/aromatic N) is 1. The van der Waals surface area contributed by atoms with Gasteiger partial charge in [0.15, 0.2) is 5.78 Å². The van der Waals surface area contributed by atoms with Crippen LogP contribution in [0.25, 0.3) is 0 Å². The minimum Gasteiger partial charge on any atom is -0.343 e. The monoisotopic (exact) mass is 285 g/mol. The number of likely N-dealkylation sites (tertiary alicyclic amines) is 1. The number of Topliss-reactive ketones (excluding diaryl/α,β-unsaturated/α-hetero) is 1. The van der Waals surface area contributed by atoms with E-state index in [0.29, 0.717) is 6.42 Å². The third kappa shape index (κ3) is 3.02. The number of carbonyl (C=O) groups is 2. The minimum atomic E-state index is -0.116. The lowest BCUT2D eigenvalue weighted by Gasteiger charge is -2.29. The summed E-state index contributed by atoms with van der Waals surface area (Å²) in [7, 11) is 0. The molecule has 1 fully saturated rings. The number of hydrogen-bond acceptors (Lipinski definition) is 2. The Bertz CT molecular complexity index is 558. The largest absolute Gasteiger partial charge is 0.343 e. The Kier molecular flexibility index (Phi) is 4.09. The van der Waals surface area contributed by atoms with Gasteiger partial charge in [0, 0.05) is 31.0 Å². The van der Waals surface area contributed by atoms with Crippen molar-refractivity contribution in [1.29, 1.82) is 0 Å². The summed E-state index contributed by atoms with van der Waals surface area (Å²) in [5, 5.41) is 0. The second-order valence-electron chi connectivity index (χ2n) is 6.41. The molecule has 1 saturated heterocycles. The zero-order chi connectivity index (χ0) is 14.8. The van der Waals surface area contributed by atoms with Crippen LogP contribution in [-0.4, -0.2) is 29.7 Å². The Balaban J connectivity index is 1.68. The van der Waals surface area contributed by atoms with E-state index in [1.165, 1.54) is 12.0 Å². The van der Waals surface area contributed by atoms with Crippen molar-refractivity contribution in [1.82, 2.24) is 4.90 Å². The van der Waals surface area contributed by atoms with E-state index in [0.717, 1.165) is 49.9 Å². The number of aryl methyl sites for hydroxylation is 2. The number of carbonyl (C=O) groups excluding carboxylic acids is 2. The predicted octanol–water partition coefficient (Wildman–Crippen LogP) is 3.14. The summed E-state index contributed by atoms with van der Waals surface area (Å²) in [5.41, 5.74) is 3.19. The van der Waals surface area contributed by atoms with Gasteiger partial charge in [-0.2, -0.15) is 0 Å². The third-order valence-electron chi connectivity index (χ3n) is 4.79. The standard InChI is InChI=1S/C18H23NO2/c1-13-5-8-16-14(11-13)6-7-15(18(16)21)12-17(20)19-9-3-2-4-10-19/h5,8,11,15H,2-4,6-7,9-10,12H2,1H3. The molecule has 1 atom stereocenters. The molecule has 1 aliphatic heterocycles. The van der Waals surface area contributed by atoms with E-state index in [2.05, 4.69) is 13.0 Å². The van der Waals surface area contributed by atoms with Crippen LogP contribution in [0.3, 0.4) is 0 Å². The average molecular weight is 285 g/mol. The molecule has 0 aromatic heterocycles. The van der Waals surface area contributed by atoms with Crippen molar-refractivity contribution in [2.75, 3.05) is 13.1 Å². The van der Waals surface area contributed by atoms with E-state index in [4.69, 9.17) is 0 Å². The van der Waals surface area contributed by atoms with E-state index in [1.807, 2.05) is 17.0 Å². The molecule has 1 aliphatic carbocycles. The third-order valence-corrected chi connectivity index (χ3v) is 4.79. The number of benzene rings is 1. The summed E-state index contributed by atoms with van der Waals surface area (Å²) >= 11 is 0. The van der Waals surface area contributed by atoms with E-state index in [-0.39, 0.29) is 17.6 Å². The van der Waals surface area contributed by atoms with Gasteiger partial charge in [-0.25, -0.2) is 0 Å². The summed E-state index contributed by atoms with van der Waals surface area (Å²) in [6, 6.07) is 6.03. The molecule has 0 bridgehead atoms. The molecule has 0 N–H and O–H groups in total. The molecule has 2 aliphatic rings. The molecule has 21 heavy (non-hydrogen) atoms. The molecule has 112 valence electrons. The maximum atomic E-state index is 12.6. The molecule has 3 rings (SSSR count). The van der Waals surface area contributed by atoms with Crippen LogP contribution < -0.4 is 0 Å². The van der Waals surface area contributed by atoms with Crippen molar-refractivity contribution in [3.8, 4) is 0 Å². The summed E-state index contributed by atoms with van der Waals surface area (Å²) in [6.07, 6.45) is 5.56. The fourth-order valence-electron chi connectivity index (χ4n) is 3.53. The highest BCUT2D eigenvalue weighted by atomic mass is 16.2. The SMILES string of the molecule is Cc1ccc2c(c1)CCC(CC(=O)N1CCCCC1)C2=O. The first-order valence-corrected chi connectivity index (χ1v) is 8.06. The molecule has 0 radical (unpaired) electrons. The second kappa shape index (κ2) is 6.00. The molecule has 0 saturated carbocycles. The van der Waals surface area contributed by atoms with Gasteiger partial charge in [0.25, 0.3) is 0 Å². The Labute approximate surface area is 126 Å². The van der Waals surface area contributed by atoms with Crippen molar-refractivity contribution >= 4 is 11.7 Å². The van der Waals surface area contributed by atoms with E-state index in [9.17, 15) is 9.59 Å². The van der Waals surface area contributed by atoms with Crippen LogP contribution in [-0.2, 0) is 11.2 Å². The first kappa shape index (κ1) is 14.3. The van der Waals surface area contributed by atoms with Crippen molar-refractivity contribution in [2.24, 2.45) is 5.92 Å². The lowest BCUT2D eigenvalue weighted by atomic mass is 9.80. The predicted molar refractivity (Wildman–Crippen MR) is 82.4 cm³/mol. The maximum absolute atomic E-state index is 12.6. The molecule has 3 nitrogen and oxygen atoms in total. The van der Waals surface area contributed by atoms with Gasteiger partial charge in [-0.05, 0) is 44.6 Å². The summed E-state index contributed by atoms with van der Waals surface area (Å²) in [6.45, 7) is 3.79. The highest BCUT2D eigenvalue weighted by Crippen LogP contribution is 2.29. The normalized spacial score (nSPS) is 22.0. The molecule has 1 amide bonds. The Morgan fingerprint density at radius 2 is 2.00 bits per heavy atom. The van der Waals surface area contributed by atoms with Gasteiger partial charge in [-0.1, -0.05) is 23.8 Å². The lowest BCUT2D eigenvalue weighted by molar-refractivity contribution is -0.132. The van der Waals surface area contributed by atoms with E-state index in [1.54, 1.807) is 0 Å². The second-order valence-corrected chi connectivity index (χ2v) is 6.41. The number of piperidine rings is 1. The van der Waals surface area contributed by atoms with Gasteiger partial charge in [0.1, 0.15) is 0 Å². The Morgan fingerprint density at radius 3 is 2.76 bits per heavy atom. The van der Waals surface area contributed by atoms with Gasteiger partial charge in [0.2, 0.25) is 5.91 Å². The number of rotatable bonds is 2. The Hall–Kier alpha value is -1.64. The molecular formula is C18H23NO2. The molecule has 0 spiro atoms. The zero-order valence-corrected chi connectivity index (χ0v) is 12.7. The molecule has 1 unspecified atom stereocenters. The first-order chi connectivity index (χ1) is 10.1. The average Bonchev–Trinajstić information content (AvgIpc) is 2.51. The van der Waals surface area contributed by atoms with Crippen LogP contribution in [0.1, 0.15) is 53.6 Å². The Morgan fingerprint density at radius 1 is 1.24 bits per heavy atom. The first-order valence-electron chi connectivity index (χ1n) is 8.06. The van der Waals surface area contributed by atoms with Crippen LogP contribution >= 0.6 is 0 Å². The lowest BCUT2D eigenvalue weighted by Crippen LogP contribution is -2.38. The maximum Gasteiger partial charge on any atom is 0.223 e. The summed E-state index contributed by atoms with van der Waals surface area (Å²) in [5.74, 6) is 0.222. The van der Waals surface area contributed by atoms with Crippen molar-refractivity contribution in [3.63, 3.8) is 0 Å². The van der Waals surface area contributed by atoms with Crippen LogP contribution in [0.4, 0.5) is 0 Å². The number of amides is 1. The van der Waals surface area contributed by atoms with Crippen molar-refractivity contribution in [2.45, 2.75) is 45.4 Å². The van der Waals surface area contributed by atoms with Gasteiger partial charge in [-0.3, -0.25) is 9.59 Å². The van der Waals surface area contributed by atoms with Gasteiger partial charge in [0.05, 0.1) is 0 Å². The van der Waals surface area contributed by atoms with Gasteiger partial charge in [-0.15, -0.1) is 0 Å². The molecule has 1 aromatic carbocycles. The van der Waals surface area contributed by atoms with Crippen LogP contribution in [0.5, 0.6) is 0 Å². The van der Waals surface area contributed by atoms with Gasteiger partial charge >= 0.3 is 0 Å². The van der Waals surface area contributed by atoms with Crippen LogP contribution in [0.15, 0.2) is 18.2 Å².